The van der Waals surface area contributed by atoms with Gasteiger partial charge in [-0.2, -0.15) is 0 Å². The minimum atomic E-state index is -1.20. The van der Waals surface area contributed by atoms with Gasteiger partial charge in [-0.3, -0.25) is 19.2 Å². The number of aliphatic hydroxyl groups is 1. The van der Waals surface area contributed by atoms with Crippen molar-refractivity contribution in [2.45, 2.75) is 89.3 Å². The minimum absolute atomic E-state index is 0.0776. The van der Waals surface area contributed by atoms with Gasteiger partial charge in [0.2, 0.25) is 17.7 Å². The number of hydrogen-bond acceptors (Lipinski definition) is 7. The quantitative estimate of drug-likeness (QED) is 0.231. The molecular weight excluding hydrogens is 562 g/mol. The third-order valence-electron chi connectivity index (χ3n) is 9.30. The number of aliphatic hydroxyl groups excluding tert-OH is 1. The van der Waals surface area contributed by atoms with E-state index in [0.717, 1.165) is 5.56 Å². The van der Waals surface area contributed by atoms with Crippen molar-refractivity contribution in [2.75, 3.05) is 19.8 Å². The van der Waals surface area contributed by atoms with Crippen LogP contribution in [0, 0.1) is 17.8 Å². The molecule has 2 N–H and O–H groups in total. The number of nitrogens with one attached hydrogen (secondary N) is 1. The molecule has 0 saturated carbocycles. The Morgan fingerprint density at radius 2 is 1.89 bits per heavy atom. The summed E-state index contributed by atoms with van der Waals surface area (Å²) < 4.78 is 12.1. The Labute approximate surface area is 260 Å². The largest absolute Gasteiger partial charge is 0.463 e. The van der Waals surface area contributed by atoms with Crippen LogP contribution in [0.4, 0.5) is 0 Å². The van der Waals surface area contributed by atoms with E-state index in [4.69, 9.17) is 9.47 Å². The molecule has 44 heavy (non-hydrogen) atoms. The number of hydrogen-bond donors (Lipinski definition) is 2. The Kier molecular flexibility index (Phi) is 10.7. The fraction of sp³-hybridized carbons (Fsp3) is 0.588. The van der Waals surface area contributed by atoms with Crippen LogP contribution in [0.2, 0.25) is 0 Å². The van der Waals surface area contributed by atoms with E-state index >= 15 is 0 Å². The van der Waals surface area contributed by atoms with E-state index in [1.165, 1.54) is 4.90 Å². The van der Waals surface area contributed by atoms with Crippen LogP contribution >= 0.6 is 0 Å². The molecule has 1 spiro atoms. The molecule has 3 aliphatic heterocycles. The Hall–Kier alpha value is -3.50. The maximum absolute atomic E-state index is 14.4. The third-order valence-corrected chi connectivity index (χ3v) is 9.30. The summed E-state index contributed by atoms with van der Waals surface area (Å²) in [4.78, 5) is 58.4. The summed E-state index contributed by atoms with van der Waals surface area (Å²) in [6.07, 6.45) is 4.37. The molecule has 7 atom stereocenters. The zero-order valence-corrected chi connectivity index (χ0v) is 26.3. The van der Waals surface area contributed by atoms with E-state index in [2.05, 4.69) is 18.5 Å². The number of esters is 1. The number of likely N-dealkylation sites (tertiary alicyclic amines) is 1. The smallest absolute Gasteiger partial charge is 0.306 e. The summed E-state index contributed by atoms with van der Waals surface area (Å²) >= 11 is 0. The number of rotatable bonds is 15. The first-order chi connectivity index (χ1) is 21.0. The second-order valence-corrected chi connectivity index (χ2v) is 12.7. The van der Waals surface area contributed by atoms with Gasteiger partial charge in [-0.1, -0.05) is 56.3 Å². The number of fused-ring (bicyclic) bond motifs is 1. The molecule has 0 radical (unpaired) electrons. The number of ether oxygens (including phenoxy) is 2. The zero-order valence-electron chi connectivity index (χ0n) is 26.3. The maximum atomic E-state index is 14.4. The lowest BCUT2D eigenvalue weighted by atomic mass is 9.70. The van der Waals surface area contributed by atoms with E-state index in [9.17, 15) is 24.3 Å². The average Bonchev–Trinajstić information content (AvgIpc) is 3.64. The molecule has 10 heteroatoms. The Morgan fingerprint density at radius 1 is 1.18 bits per heavy atom. The lowest BCUT2D eigenvalue weighted by Crippen LogP contribution is -2.60. The van der Waals surface area contributed by atoms with Crippen molar-refractivity contribution in [3.63, 3.8) is 0 Å². The van der Waals surface area contributed by atoms with Crippen molar-refractivity contribution in [1.29, 1.82) is 0 Å². The van der Waals surface area contributed by atoms with Crippen LogP contribution < -0.4 is 5.32 Å². The zero-order chi connectivity index (χ0) is 32.2. The molecule has 3 fully saturated rings. The van der Waals surface area contributed by atoms with Crippen LogP contribution in [0.15, 0.2) is 55.6 Å². The molecule has 3 aliphatic rings. The maximum Gasteiger partial charge on any atom is 0.306 e. The van der Waals surface area contributed by atoms with Gasteiger partial charge in [0, 0.05) is 19.0 Å². The first kappa shape index (κ1) is 33.4. The fourth-order valence-electron chi connectivity index (χ4n) is 7.14. The van der Waals surface area contributed by atoms with Crippen LogP contribution in [0.25, 0.3) is 0 Å². The highest BCUT2D eigenvalue weighted by Crippen LogP contribution is 2.59. The van der Waals surface area contributed by atoms with Crippen molar-refractivity contribution < 1.29 is 33.8 Å². The number of benzene rings is 1. The molecule has 0 unspecified atom stereocenters. The molecule has 2 bridgehead atoms. The number of carbonyl (C=O) groups excluding carboxylic acids is 4. The van der Waals surface area contributed by atoms with Crippen LogP contribution in [0.1, 0.15) is 65.0 Å². The molecule has 3 saturated heterocycles. The molecular formula is C34H47N3O7. The van der Waals surface area contributed by atoms with E-state index < -0.39 is 53.5 Å². The lowest BCUT2D eigenvalue weighted by Gasteiger charge is -2.41. The molecule has 10 nitrogen and oxygen atoms in total. The Balaban J connectivity index is 1.68. The standard InChI is InChI=1S/C34H47N3O7/c1-7-9-15-27(39)43-20-24(23-13-11-10-12-14-23)35-31(40)28-26-16-17-34(44-26)29(28)32(41)37(25(19-38)21(3)4)30(34)33(42)36(18-8-2)22(5)6/h7-8,10-14,21-22,24-26,28-30,38H,1-2,9,15-20H2,3-6H3,(H,35,40)/t24-,25+,26+,28-,29-,30+,34-/m1/s1. The summed E-state index contributed by atoms with van der Waals surface area (Å²) in [5.74, 6) is -3.31. The van der Waals surface area contributed by atoms with Crippen molar-refractivity contribution in [3.05, 3.63) is 61.2 Å². The second kappa shape index (κ2) is 14.1. The average molecular weight is 610 g/mol. The van der Waals surface area contributed by atoms with Gasteiger partial charge >= 0.3 is 5.97 Å². The van der Waals surface area contributed by atoms with E-state index in [1.54, 1.807) is 17.1 Å². The SMILES string of the molecule is C=CCCC(=O)OC[C@@H](NC(=O)[C@@H]1[C@@H]2CC[C@]3(O2)[C@H](C(=O)N(CC=C)C(C)C)N([C@@H](CO)C(C)C)C(=O)[C@@H]13)c1ccccc1. The topological polar surface area (TPSA) is 125 Å². The summed E-state index contributed by atoms with van der Waals surface area (Å²) in [6.45, 7) is 14.9. The molecule has 1 aromatic rings. The molecule has 3 amide bonds. The first-order valence-corrected chi connectivity index (χ1v) is 15.7. The van der Waals surface area contributed by atoms with Gasteiger partial charge in [-0.25, -0.2) is 0 Å². The number of nitrogens with zero attached hydrogens (tertiary/aromatic N) is 2. The third kappa shape index (κ3) is 6.19. The van der Waals surface area contributed by atoms with Crippen LogP contribution in [0.3, 0.4) is 0 Å². The summed E-state index contributed by atoms with van der Waals surface area (Å²) in [5.41, 5.74) is -0.447. The highest BCUT2D eigenvalue weighted by atomic mass is 16.5. The van der Waals surface area contributed by atoms with Gasteiger partial charge < -0.3 is 29.7 Å². The second-order valence-electron chi connectivity index (χ2n) is 12.7. The van der Waals surface area contributed by atoms with Gasteiger partial charge in [0.15, 0.2) is 0 Å². The molecule has 0 aromatic heterocycles. The highest BCUT2D eigenvalue weighted by molar-refractivity contribution is 5.99. The Bertz CT molecular complexity index is 1230. The highest BCUT2D eigenvalue weighted by Gasteiger charge is 2.75. The molecule has 3 heterocycles. The molecule has 0 aliphatic carbocycles. The van der Waals surface area contributed by atoms with Crippen LogP contribution in [0.5, 0.6) is 0 Å². The van der Waals surface area contributed by atoms with E-state index in [-0.39, 0.29) is 43.4 Å². The Morgan fingerprint density at radius 3 is 2.48 bits per heavy atom. The van der Waals surface area contributed by atoms with Crippen molar-refractivity contribution >= 4 is 23.7 Å². The van der Waals surface area contributed by atoms with Gasteiger partial charge in [-0.15, -0.1) is 13.2 Å². The summed E-state index contributed by atoms with van der Waals surface area (Å²) in [5, 5.41) is 13.5. The van der Waals surface area contributed by atoms with Crippen molar-refractivity contribution in [3.8, 4) is 0 Å². The first-order valence-electron chi connectivity index (χ1n) is 15.7. The summed E-state index contributed by atoms with van der Waals surface area (Å²) in [7, 11) is 0. The molecule has 1 aromatic carbocycles. The van der Waals surface area contributed by atoms with Crippen LogP contribution in [-0.2, 0) is 28.7 Å². The van der Waals surface area contributed by atoms with Crippen molar-refractivity contribution in [1.82, 2.24) is 15.1 Å². The van der Waals surface area contributed by atoms with Crippen LogP contribution in [-0.4, -0.2) is 88.2 Å². The number of allylic oxidation sites excluding steroid dienone is 1. The predicted molar refractivity (Wildman–Crippen MR) is 165 cm³/mol. The van der Waals surface area contributed by atoms with E-state index in [1.807, 2.05) is 58.0 Å². The van der Waals surface area contributed by atoms with Gasteiger partial charge in [0.1, 0.15) is 18.2 Å². The van der Waals surface area contributed by atoms with Gasteiger partial charge in [0.05, 0.1) is 36.6 Å². The monoisotopic (exact) mass is 609 g/mol. The number of amides is 3. The van der Waals surface area contributed by atoms with Gasteiger partial charge in [-0.05, 0) is 44.6 Å². The summed E-state index contributed by atoms with van der Waals surface area (Å²) in [6, 6.07) is 6.77. The predicted octanol–water partition coefficient (Wildman–Crippen LogP) is 3.17. The lowest BCUT2D eigenvalue weighted by molar-refractivity contribution is -0.153. The normalized spacial score (nSPS) is 26.8. The minimum Gasteiger partial charge on any atom is -0.463 e. The van der Waals surface area contributed by atoms with Gasteiger partial charge in [0.25, 0.3) is 0 Å². The molecule has 4 rings (SSSR count). The number of carbonyl (C=O) groups is 4. The fourth-order valence-corrected chi connectivity index (χ4v) is 7.14. The van der Waals surface area contributed by atoms with E-state index in [0.29, 0.717) is 25.8 Å². The molecule has 240 valence electrons. The van der Waals surface area contributed by atoms with Crippen molar-refractivity contribution in [2.24, 2.45) is 17.8 Å².